The fourth-order valence-electron chi connectivity index (χ4n) is 1.86. The average molecular weight is 206 g/mol. The zero-order valence-electron chi connectivity index (χ0n) is 8.43. The number of anilines is 1. The van der Waals surface area contributed by atoms with Crippen molar-refractivity contribution in [2.75, 3.05) is 18.0 Å². The average Bonchev–Trinajstić information content (AvgIpc) is 2.67. The summed E-state index contributed by atoms with van der Waals surface area (Å²) in [5.41, 5.74) is 6.14. The van der Waals surface area contributed by atoms with Crippen LogP contribution in [-0.4, -0.2) is 25.3 Å². The Bertz CT molecular complexity index is 340. The van der Waals surface area contributed by atoms with Gasteiger partial charge in [0.25, 0.3) is 0 Å². The molecule has 1 saturated heterocycles. The van der Waals surface area contributed by atoms with Crippen molar-refractivity contribution in [1.82, 2.24) is 0 Å². The van der Waals surface area contributed by atoms with Crippen LogP contribution in [0.4, 0.5) is 10.5 Å². The predicted octanol–water partition coefficient (Wildman–Crippen LogP) is 1.36. The number of nitrogens with zero attached hydrogens (tertiary/aromatic N) is 1. The molecule has 0 unspecified atom stereocenters. The van der Waals surface area contributed by atoms with Gasteiger partial charge in [-0.25, -0.2) is 4.79 Å². The number of hydrogen-bond acceptors (Lipinski definition) is 3. The molecule has 1 fully saturated rings. The van der Waals surface area contributed by atoms with Gasteiger partial charge in [-0.1, -0.05) is 18.2 Å². The number of para-hydroxylation sites is 1. The summed E-state index contributed by atoms with van der Waals surface area (Å²) in [6.45, 7) is 1.63. The number of benzene rings is 1. The largest absolute Gasteiger partial charge is 0.444 e. The number of primary amides is 1. The highest BCUT2D eigenvalue weighted by atomic mass is 16.6. The summed E-state index contributed by atoms with van der Waals surface area (Å²) in [7, 11) is 0. The van der Waals surface area contributed by atoms with Gasteiger partial charge in [0.05, 0.1) is 6.54 Å². The van der Waals surface area contributed by atoms with Gasteiger partial charge in [0, 0.05) is 18.7 Å². The van der Waals surface area contributed by atoms with E-state index >= 15 is 0 Å². The minimum Gasteiger partial charge on any atom is -0.444 e. The highest BCUT2D eigenvalue weighted by molar-refractivity contribution is 5.65. The lowest BCUT2D eigenvalue weighted by Crippen LogP contribution is -2.26. The second-order valence-electron chi connectivity index (χ2n) is 3.63. The quantitative estimate of drug-likeness (QED) is 0.794. The van der Waals surface area contributed by atoms with E-state index in [2.05, 4.69) is 4.90 Å². The number of hydrogen-bond donors (Lipinski definition) is 1. The SMILES string of the molecule is NC(=O)O[C@H]1CCN(c2ccccc2)C1. The lowest BCUT2D eigenvalue weighted by Gasteiger charge is -2.17. The van der Waals surface area contributed by atoms with E-state index in [1.165, 1.54) is 0 Å². The fraction of sp³-hybridized carbons (Fsp3) is 0.364. The first-order valence-corrected chi connectivity index (χ1v) is 5.02. The molecule has 2 N–H and O–H groups in total. The van der Waals surface area contributed by atoms with Crippen molar-refractivity contribution in [3.63, 3.8) is 0 Å². The maximum Gasteiger partial charge on any atom is 0.404 e. The molecule has 1 aromatic carbocycles. The molecule has 0 aliphatic carbocycles. The molecule has 1 aliphatic heterocycles. The molecule has 1 aromatic rings. The van der Waals surface area contributed by atoms with E-state index in [-0.39, 0.29) is 6.10 Å². The Hall–Kier alpha value is -1.71. The molecule has 0 saturated carbocycles. The van der Waals surface area contributed by atoms with Gasteiger partial charge in [0.1, 0.15) is 6.10 Å². The van der Waals surface area contributed by atoms with E-state index in [0.717, 1.165) is 25.2 Å². The summed E-state index contributed by atoms with van der Waals surface area (Å²) in [4.78, 5) is 12.8. The minimum absolute atomic E-state index is 0.0669. The first-order chi connectivity index (χ1) is 7.25. The summed E-state index contributed by atoms with van der Waals surface area (Å²) in [5, 5.41) is 0. The second kappa shape index (κ2) is 4.21. The molecule has 1 aliphatic rings. The maximum absolute atomic E-state index is 10.6. The molecule has 0 bridgehead atoms. The zero-order valence-corrected chi connectivity index (χ0v) is 8.43. The van der Waals surface area contributed by atoms with Gasteiger partial charge >= 0.3 is 6.09 Å². The van der Waals surface area contributed by atoms with Crippen LogP contribution in [0.25, 0.3) is 0 Å². The highest BCUT2D eigenvalue weighted by Gasteiger charge is 2.24. The van der Waals surface area contributed by atoms with Crippen molar-refractivity contribution < 1.29 is 9.53 Å². The van der Waals surface area contributed by atoms with Crippen molar-refractivity contribution in [2.45, 2.75) is 12.5 Å². The van der Waals surface area contributed by atoms with Crippen LogP contribution in [0.2, 0.25) is 0 Å². The Morgan fingerprint density at radius 1 is 1.40 bits per heavy atom. The van der Waals surface area contributed by atoms with Crippen LogP contribution in [0.15, 0.2) is 30.3 Å². The summed E-state index contributed by atoms with van der Waals surface area (Å²) in [6.07, 6.45) is 0.0929. The Morgan fingerprint density at radius 2 is 2.13 bits per heavy atom. The number of amides is 1. The van der Waals surface area contributed by atoms with E-state index in [1.54, 1.807) is 0 Å². The van der Waals surface area contributed by atoms with Crippen LogP contribution in [0.1, 0.15) is 6.42 Å². The molecule has 2 rings (SSSR count). The first kappa shape index (κ1) is 9.83. The van der Waals surface area contributed by atoms with Crippen LogP contribution in [-0.2, 0) is 4.74 Å². The Balaban J connectivity index is 1.96. The van der Waals surface area contributed by atoms with E-state index in [4.69, 9.17) is 10.5 Å². The fourth-order valence-corrected chi connectivity index (χ4v) is 1.86. The van der Waals surface area contributed by atoms with E-state index in [1.807, 2.05) is 30.3 Å². The topological polar surface area (TPSA) is 55.6 Å². The Morgan fingerprint density at radius 3 is 2.80 bits per heavy atom. The third-order valence-corrected chi connectivity index (χ3v) is 2.55. The number of carbonyl (C=O) groups is 1. The van der Waals surface area contributed by atoms with Crippen molar-refractivity contribution in [1.29, 1.82) is 0 Å². The van der Waals surface area contributed by atoms with Gasteiger partial charge in [-0.2, -0.15) is 0 Å². The first-order valence-electron chi connectivity index (χ1n) is 5.02. The van der Waals surface area contributed by atoms with E-state index in [0.29, 0.717) is 0 Å². The minimum atomic E-state index is -0.685. The lowest BCUT2D eigenvalue weighted by molar-refractivity contribution is 0.117. The predicted molar refractivity (Wildman–Crippen MR) is 57.7 cm³/mol. The molecule has 80 valence electrons. The zero-order chi connectivity index (χ0) is 10.7. The molecular weight excluding hydrogens is 192 g/mol. The van der Waals surface area contributed by atoms with Crippen LogP contribution < -0.4 is 10.6 Å². The second-order valence-corrected chi connectivity index (χ2v) is 3.63. The Labute approximate surface area is 88.6 Å². The molecule has 4 heteroatoms. The molecule has 0 aromatic heterocycles. The number of ether oxygens (including phenoxy) is 1. The van der Waals surface area contributed by atoms with Gasteiger partial charge < -0.3 is 15.4 Å². The molecule has 4 nitrogen and oxygen atoms in total. The molecule has 0 radical (unpaired) electrons. The van der Waals surface area contributed by atoms with Gasteiger partial charge in [0.2, 0.25) is 0 Å². The van der Waals surface area contributed by atoms with Crippen LogP contribution in [0.3, 0.4) is 0 Å². The van der Waals surface area contributed by atoms with Gasteiger partial charge in [-0.05, 0) is 12.1 Å². The molecule has 1 amide bonds. The molecule has 15 heavy (non-hydrogen) atoms. The van der Waals surface area contributed by atoms with Crippen molar-refractivity contribution in [3.05, 3.63) is 30.3 Å². The summed E-state index contributed by atoms with van der Waals surface area (Å²) >= 11 is 0. The van der Waals surface area contributed by atoms with Crippen molar-refractivity contribution >= 4 is 11.8 Å². The monoisotopic (exact) mass is 206 g/mol. The summed E-state index contributed by atoms with van der Waals surface area (Å²) in [6, 6.07) is 10.1. The normalized spacial score (nSPS) is 20.3. The van der Waals surface area contributed by atoms with Crippen LogP contribution in [0.5, 0.6) is 0 Å². The molecule has 1 atom stereocenters. The van der Waals surface area contributed by atoms with Crippen molar-refractivity contribution in [3.8, 4) is 0 Å². The Kier molecular flexibility index (Phi) is 2.76. The summed E-state index contributed by atoms with van der Waals surface area (Å²) in [5.74, 6) is 0. The van der Waals surface area contributed by atoms with Gasteiger partial charge in [0.15, 0.2) is 0 Å². The van der Waals surface area contributed by atoms with Crippen LogP contribution >= 0.6 is 0 Å². The van der Waals surface area contributed by atoms with Gasteiger partial charge in [-0.15, -0.1) is 0 Å². The molecular formula is C11H14N2O2. The van der Waals surface area contributed by atoms with Gasteiger partial charge in [-0.3, -0.25) is 0 Å². The molecule has 1 heterocycles. The third kappa shape index (κ3) is 2.40. The van der Waals surface area contributed by atoms with Crippen molar-refractivity contribution in [2.24, 2.45) is 5.73 Å². The van der Waals surface area contributed by atoms with Crippen LogP contribution in [0, 0.1) is 0 Å². The summed E-state index contributed by atoms with van der Waals surface area (Å²) < 4.78 is 4.96. The standard InChI is InChI=1S/C11H14N2O2/c12-11(14)15-10-6-7-13(8-10)9-4-2-1-3-5-9/h1-5,10H,6-8H2,(H2,12,14)/t10-/m0/s1. The van der Waals surface area contributed by atoms with E-state index < -0.39 is 6.09 Å². The number of rotatable bonds is 2. The lowest BCUT2D eigenvalue weighted by atomic mass is 10.3. The maximum atomic E-state index is 10.6. The molecule has 0 spiro atoms. The number of carbonyl (C=O) groups excluding carboxylic acids is 1. The van der Waals surface area contributed by atoms with E-state index in [9.17, 15) is 4.79 Å². The third-order valence-electron chi connectivity index (χ3n) is 2.55. The highest BCUT2D eigenvalue weighted by Crippen LogP contribution is 2.21. The smallest absolute Gasteiger partial charge is 0.404 e. The number of nitrogens with two attached hydrogens (primary N) is 1.